The molecule has 0 aliphatic heterocycles. The summed E-state index contributed by atoms with van der Waals surface area (Å²) in [7, 11) is -1.15. The molecule has 2 aromatic heterocycles. The summed E-state index contributed by atoms with van der Waals surface area (Å²) in [6.07, 6.45) is 0.352. The zero-order valence-electron chi connectivity index (χ0n) is 17.4. The zero-order chi connectivity index (χ0) is 23.2. The van der Waals surface area contributed by atoms with E-state index < -0.39 is 15.9 Å². The van der Waals surface area contributed by atoms with Gasteiger partial charge in [-0.2, -0.15) is 0 Å². The molecule has 1 amide bonds. The molecule has 4 rings (SSSR count). The number of carbonyl (C=O) groups excluding carboxylic acids is 1. The molecule has 4 aromatic rings. The molecule has 11 heteroatoms. The first-order valence-electron chi connectivity index (χ1n) is 9.61. The number of sulfonamides is 1. The first kappa shape index (κ1) is 22.0. The number of hydrogen-bond acceptors (Lipinski definition) is 6. The second-order valence-corrected chi connectivity index (χ2v) is 9.66. The molecule has 0 aliphatic carbocycles. The number of hydrogen-bond donors (Lipinski definition) is 1. The Morgan fingerprint density at radius 1 is 1.12 bits per heavy atom. The molecule has 2 heterocycles. The minimum atomic E-state index is -4.29. The van der Waals surface area contributed by atoms with Gasteiger partial charge in [0.05, 0.1) is 11.0 Å². The lowest BCUT2D eigenvalue weighted by atomic mass is 10.0. The lowest BCUT2D eigenvalue weighted by Crippen LogP contribution is -2.31. The predicted molar refractivity (Wildman–Crippen MR) is 122 cm³/mol. The zero-order valence-corrected chi connectivity index (χ0v) is 19.8. The van der Waals surface area contributed by atoms with Crippen molar-refractivity contribution in [2.75, 3.05) is 0 Å². The first-order chi connectivity index (χ1) is 15.2. The van der Waals surface area contributed by atoms with Crippen molar-refractivity contribution in [3.63, 3.8) is 0 Å². The number of nitrogens with one attached hydrogen (secondary N) is 1. The van der Waals surface area contributed by atoms with Crippen molar-refractivity contribution in [3.05, 3.63) is 68.7 Å². The lowest BCUT2D eigenvalue weighted by molar-refractivity contribution is 0.0980. The summed E-state index contributed by atoms with van der Waals surface area (Å²) in [5.41, 5.74) is 1.61. The number of rotatable bonds is 5. The summed E-state index contributed by atoms with van der Waals surface area (Å²) < 4.78 is 36.7. The molecule has 0 spiro atoms. The van der Waals surface area contributed by atoms with E-state index in [2.05, 4.69) is 25.8 Å². The van der Waals surface area contributed by atoms with Crippen molar-refractivity contribution in [1.82, 2.24) is 19.0 Å². The third kappa shape index (κ3) is 3.56. The Bertz CT molecular complexity index is 1520. The Kier molecular flexibility index (Phi) is 5.55. The molecule has 0 aliphatic rings. The van der Waals surface area contributed by atoms with Crippen LogP contribution >= 0.6 is 15.9 Å². The van der Waals surface area contributed by atoms with Gasteiger partial charge in [-0.3, -0.25) is 13.9 Å². The fourth-order valence-corrected chi connectivity index (χ4v) is 5.54. The average molecular weight is 519 g/mol. The molecule has 0 unspecified atom stereocenters. The number of benzene rings is 2. The smallest absolute Gasteiger partial charge is 0.328 e. The van der Waals surface area contributed by atoms with Crippen molar-refractivity contribution >= 4 is 42.9 Å². The number of halogens is 1. The van der Waals surface area contributed by atoms with Gasteiger partial charge in [-0.1, -0.05) is 42.4 Å². The number of amides is 1. The summed E-state index contributed by atoms with van der Waals surface area (Å²) in [5, 5.41) is 3.98. The molecule has 0 bridgehead atoms. The van der Waals surface area contributed by atoms with E-state index in [1.54, 1.807) is 45.3 Å². The number of carbonyl (C=O) groups is 1. The van der Waals surface area contributed by atoms with Crippen LogP contribution in [0.25, 0.3) is 22.3 Å². The van der Waals surface area contributed by atoms with Crippen LogP contribution in [0.2, 0.25) is 0 Å². The summed E-state index contributed by atoms with van der Waals surface area (Å²) in [4.78, 5) is 25.1. The fraction of sp³-hybridized carbons (Fsp3) is 0.190. The highest BCUT2D eigenvalue weighted by atomic mass is 79.9. The van der Waals surface area contributed by atoms with E-state index in [-0.39, 0.29) is 32.1 Å². The van der Waals surface area contributed by atoms with Crippen LogP contribution in [0.4, 0.5) is 0 Å². The van der Waals surface area contributed by atoms with Gasteiger partial charge in [-0.25, -0.2) is 17.9 Å². The van der Waals surface area contributed by atoms with Crippen LogP contribution in [0.3, 0.4) is 0 Å². The maximum absolute atomic E-state index is 13.1. The minimum Gasteiger partial charge on any atom is -0.360 e. The monoisotopic (exact) mass is 518 g/mol. The highest BCUT2D eigenvalue weighted by Crippen LogP contribution is 2.29. The first-order valence-corrected chi connectivity index (χ1v) is 11.9. The van der Waals surface area contributed by atoms with Gasteiger partial charge in [0.2, 0.25) is 0 Å². The van der Waals surface area contributed by atoms with Crippen molar-refractivity contribution in [2.45, 2.75) is 18.2 Å². The Hall–Kier alpha value is -3.18. The molecule has 0 fully saturated rings. The molecule has 1 N–H and O–H groups in total. The maximum Gasteiger partial charge on any atom is 0.328 e. The topological polar surface area (TPSA) is 116 Å². The van der Waals surface area contributed by atoms with Crippen molar-refractivity contribution < 1.29 is 17.7 Å². The maximum atomic E-state index is 13.1. The minimum absolute atomic E-state index is 0.0617. The standard InChI is InChI=1S/C21H19BrN4O5S/c1-4-16-18(19(23-31-16)12-8-6-5-7-9-12)20(27)24-32(29,30)17-11-15-14(10-13(17)22)25(2)21(28)26(15)3/h5-11H,4H2,1-3H3,(H,24,27). The number of fused-ring (bicyclic) bond motifs is 1. The van der Waals surface area contributed by atoms with E-state index in [0.717, 1.165) is 0 Å². The number of nitrogens with zero attached hydrogens (tertiary/aromatic N) is 3. The van der Waals surface area contributed by atoms with Crippen LogP contribution in [0, 0.1) is 0 Å². The molecular weight excluding hydrogens is 500 g/mol. The van der Waals surface area contributed by atoms with Gasteiger partial charge in [-0.15, -0.1) is 0 Å². The van der Waals surface area contributed by atoms with E-state index in [4.69, 9.17) is 4.52 Å². The third-order valence-electron chi connectivity index (χ3n) is 5.20. The summed E-state index contributed by atoms with van der Waals surface area (Å²) >= 11 is 3.25. The van der Waals surface area contributed by atoms with E-state index >= 15 is 0 Å². The molecule has 9 nitrogen and oxygen atoms in total. The highest BCUT2D eigenvalue weighted by molar-refractivity contribution is 9.10. The molecule has 0 atom stereocenters. The van der Waals surface area contributed by atoms with Crippen LogP contribution in [0.1, 0.15) is 23.0 Å². The van der Waals surface area contributed by atoms with Crippen LogP contribution in [-0.4, -0.2) is 28.6 Å². The van der Waals surface area contributed by atoms with Gasteiger partial charge < -0.3 is 4.52 Å². The lowest BCUT2D eigenvalue weighted by Gasteiger charge is -2.10. The summed E-state index contributed by atoms with van der Waals surface area (Å²) in [6, 6.07) is 11.8. The van der Waals surface area contributed by atoms with Crippen LogP contribution in [0.5, 0.6) is 0 Å². The Balaban J connectivity index is 1.78. The number of imidazole rings is 1. The molecule has 0 radical (unpaired) electrons. The SMILES string of the molecule is CCc1onc(-c2ccccc2)c1C(=O)NS(=O)(=O)c1cc2c(cc1Br)n(C)c(=O)n2C. The summed E-state index contributed by atoms with van der Waals surface area (Å²) in [5.74, 6) is -0.576. The van der Waals surface area contributed by atoms with Gasteiger partial charge >= 0.3 is 5.69 Å². The van der Waals surface area contributed by atoms with Crippen molar-refractivity contribution in [2.24, 2.45) is 14.1 Å². The number of aromatic nitrogens is 3. The predicted octanol–water partition coefficient (Wildman–Crippen LogP) is 2.98. The molecule has 0 saturated heterocycles. The quantitative estimate of drug-likeness (QED) is 0.434. The Labute approximate surface area is 191 Å². The second kappa shape index (κ2) is 8.06. The second-order valence-electron chi connectivity index (χ2n) is 7.16. The molecule has 32 heavy (non-hydrogen) atoms. The van der Waals surface area contributed by atoms with Crippen LogP contribution in [-0.2, 0) is 30.5 Å². The Morgan fingerprint density at radius 3 is 2.38 bits per heavy atom. The van der Waals surface area contributed by atoms with Crippen LogP contribution in [0.15, 0.2) is 61.2 Å². The number of aryl methyl sites for hydroxylation is 3. The van der Waals surface area contributed by atoms with Gasteiger partial charge in [0.25, 0.3) is 15.9 Å². The van der Waals surface area contributed by atoms with Gasteiger partial charge in [0.15, 0.2) is 0 Å². The van der Waals surface area contributed by atoms with E-state index in [0.29, 0.717) is 23.0 Å². The van der Waals surface area contributed by atoms with Crippen molar-refractivity contribution in [3.8, 4) is 11.3 Å². The van der Waals surface area contributed by atoms with E-state index in [9.17, 15) is 18.0 Å². The average Bonchev–Trinajstić information content (AvgIpc) is 3.29. The van der Waals surface area contributed by atoms with Gasteiger partial charge in [0.1, 0.15) is 21.9 Å². The third-order valence-corrected chi connectivity index (χ3v) is 7.49. The normalized spacial score (nSPS) is 11.8. The van der Waals surface area contributed by atoms with Gasteiger partial charge in [-0.05, 0) is 28.1 Å². The Morgan fingerprint density at radius 2 is 1.75 bits per heavy atom. The van der Waals surface area contributed by atoms with Crippen LogP contribution < -0.4 is 10.4 Å². The van der Waals surface area contributed by atoms with E-state index in [1.165, 1.54) is 21.3 Å². The molecule has 2 aromatic carbocycles. The molecule has 166 valence electrons. The fourth-order valence-electron chi connectivity index (χ4n) is 3.53. The largest absolute Gasteiger partial charge is 0.360 e. The summed E-state index contributed by atoms with van der Waals surface area (Å²) in [6.45, 7) is 1.78. The van der Waals surface area contributed by atoms with E-state index in [1.807, 2.05) is 6.07 Å². The molecule has 0 saturated carbocycles. The van der Waals surface area contributed by atoms with Gasteiger partial charge in [0, 0.05) is 30.6 Å². The van der Waals surface area contributed by atoms with Crippen molar-refractivity contribution in [1.29, 1.82) is 0 Å². The molecular formula is C21H19BrN4O5S. The highest BCUT2D eigenvalue weighted by Gasteiger charge is 2.29.